The van der Waals surface area contributed by atoms with Crippen molar-refractivity contribution in [3.8, 4) is 6.07 Å². The quantitative estimate of drug-likeness (QED) is 0.669. The van der Waals surface area contributed by atoms with Gasteiger partial charge in [0.05, 0.1) is 12.2 Å². The lowest BCUT2D eigenvalue weighted by atomic mass is 10.0. The first-order valence-electron chi connectivity index (χ1n) is 5.67. The van der Waals surface area contributed by atoms with Crippen molar-refractivity contribution in [3.05, 3.63) is 0 Å². The van der Waals surface area contributed by atoms with E-state index in [1.54, 1.807) is 0 Å². The van der Waals surface area contributed by atoms with Crippen LogP contribution in [0.15, 0.2) is 0 Å². The van der Waals surface area contributed by atoms with Crippen LogP contribution in [0.25, 0.3) is 0 Å². The zero-order valence-electron chi connectivity index (χ0n) is 8.61. The summed E-state index contributed by atoms with van der Waals surface area (Å²) in [5, 5.41) is 9.17. The zero-order valence-corrected chi connectivity index (χ0v) is 8.61. The summed E-state index contributed by atoms with van der Waals surface area (Å²) in [7, 11) is 0. The Labute approximate surface area is 85.6 Å². The van der Waals surface area contributed by atoms with E-state index in [0.29, 0.717) is 0 Å². The normalized spacial score (nSPS) is 31.2. The third kappa shape index (κ3) is 2.08. The molecule has 0 amide bonds. The number of nitriles is 1. The maximum Gasteiger partial charge on any atom is 0.124 e. The third-order valence-corrected chi connectivity index (χ3v) is 3.23. The number of hydrogen-bond donors (Lipinski definition) is 0. The molecule has 0 radical (unpaired) electrons. The fraction of sp³-hybridized carbons (Fsp3) is 0.909. The molecule has 3 nitrogen and oxygen atoms in total. The highest BCUT2D eigenvalue weighted by atomic mass is 16.5. The Kier molecular flexibility index (Phi) is 3.39. The average molecular weight is 194 g/mol. The lowest BCUT2D eigenvalue weighted by molar-refractivity contribution is 0.0389. The fourth-order valence-corrected chi connectivity index (χ4v) is 2.45. The molecule has 2 fully saturated rings. The molecule has 2 rings (SSSR count). The van der Waals surface area contributed by atoms with E-state index in [2.05, 4.69) is 11.0 Å². The van der Waals surface area contributed by atoms with Crippen LogP contribution in [0.2, 0.25) is 0 Å². The third-order valence-electron chi connectivity index (χ3n) is 3.23. The largest absolute Gasteiger partial charge is 0.375 e. The number of likely N-dealkylation sites (tertiary alicyclic amines) is 1. The summed E-state index contributed by atoms with van der Waals surface area (Å²) in [6.07, 6.45) is 6.17. The van der Waals surface area contributed by atoms with Crippen LogP contribution in [0.4, 0.5) is 0 Å². The van der Waals surface area contributed by atoms with Gasteiger partial charge in [-0.05, 0) is 38.8 Å². The van der Waals surface area contributed by atoms with Crippen molar-refractivity contribution in [1.29, 1.82) is 5.26 Å². The van der Waals surface area contributed by atoms with Crippen LogP contribution in [0.1, 0.15) is 32.1 Å². The summed E-state index contributed by atoms with van der Waals surface area (Å²) < 4.78 is 5.60. The summed E-state index contributed by atoms with van der Waals surface area (Å²) in [5.41, 5.74) is 0. The van der Waals surface area contributed by atoms with E-state index >= 15 is 0 Å². The Balaban J connectivity index is 1.93. The monoisotopic (exact) mass is 194 g/mol. The Morgan fingerprint density at radius 2 is 2.00 bits per heavy atom. The minimum absolute atomic E-state index is 0.0119. The van der Waals surface area contributed by atoms with Crippen LogP contribution in [0, 0.1) is 11.3 Å². The van der Waals surface area contributed by atoms with Crippen molar-refractivity contribution >= 4 is 0 Å². The summed E-state index contributed by atoms with van der Waals surface area (Å²) >= 11 is 0. The lowest BCUT2D eigenvalue weighted by Crippen LogP contribution is -2.45. The van der Waals surface area contributed by atoms with Gasteiger partial charge in [0.15, 0.2) is 0 Å². The van der Waals surface area contributed by atoms with Gasteiger partial charge in [0.1, 0.15) is 6.04 Å². The minimum atomic E-state index is 0.0119. The Bertz CT molecular complexity index is 212. The maximum atomic E-state index is 9.17. The molecule has 0 aliphatic carbocycles. The number of piperidine rings is 1. The van der Waals surface area contributed by atoms with Gasteiger partial charge in [-0.1, -0.05) is 6.42 Å². The molecule has 0 aromatic rings. The van der Waals surface area contributed by atoms with Crippen molar-refractivity contribution in [1.82, 2.24) is 4.90 Å². The molecule has 0 saturated carbocycles. The van der Waals surface area contributed by atoms with E-state index in [1.165, 1.54) is 19.3 Å². The predicted molar refractivity (Wildman–Crippen MR) is 53.8 cm³/mol. The molecule has 14 heavy (non-hydrogen) atoms. The summed E-state index contributed by atoms with van der Waals surface area (Å²) in [5.74, 6) is 0. The van der Waals surface area contributed by atoms with Crippen molar-refractivity contribution in [2.24, 2.45) is 0 Å². The van der Waals surface area contributed by atoms with Crippen LogP contribution < -0.4 is 0 Å². The van der Waals surface area contributed by atoms with Crippen molar-refractivity contribution in [2.75, 3.05) is 19.7 Å². The van der Waals surface area contributed by atoms with E-state index in [1.807, 2.05) is 0 Å². The SMILES string of the molecule is N#CC(C1CCCO1)N1CCCCC1. The second-order valence-corrected chi connectivity index (χ2v) is 4.22. The predicted octanol–water partition coefficient (Wildman–Crippen LogP) is 1.54. The summed E-state index contributed by atoms with van der Waals surface area (Å²) in [4.78, 5) is 2.31. The number of hydrogen-bond acceptors (Lipinski definition) is 3. The molecule has 2 aliphatic rings. The minimum Gasteiger partial charge on any atom is -0.375 e. The molecule has 0 aromatic heterocycles. The van der Waals surface area contributed by atoms with E-state index in [9.17, 15) is 0 Å². The van der Waals surface area contributed by atoms with E-state index in [0.717, 1.165) is 32.5 Å². The van der Waals surface area contributed by atoms with Crippen molar-refractivity contribution in [3.63, 3.8) is 0 Å². The molecule has 0 aromatic carbocycles. The first-order valence-corrected chi connectivity index (χ1v) is 5.67. The zero-order chi connectivity index (χ0) is 9.80. The van der Waals surface area contributed by atoms with Gasteiger partial charge in [0, 0.05) is 6.61 Å². The van der Waals surface area contributed by atoms with Gasteiger partial charge in [0.25, 0.3) is 0 Å². The molecule has 0 spiro atoms. The smallest absolute Gasteiger partial charge is 0.124 e. The summed E-state index contributed by atoms with van der Waals surface area (Å²) in [6, 6.07) is 2.43. The van der Waals surface area contributed by atoms with Crippen LogP contribution in [0.5, 0.6) is 0 Å². The lowest BCUT2D eigenvalue weighted by Gasteiger charge is -2.33. The van der Waals surface area contributed by atoms with Crippen LogP contribution in [0.3, 0.4) is 0 Å². The Morgan fingerprint density at radius 1 is 1.21 bits per heavy atom. The maximum absolute atomic E-state index is 9.17. The first kappa shape index (κ1) is 9.95. The van der Waals surface area contributed by atoms with Crippen LogP contribution in [-0.2, 0) is 4.74 Å². The highest BCUT2D eigenvalue weighted by Crippen LogP contribution is 2.22. The number of nitrogens with zero attached hydrogens (tertiary/aromatic N) is 2. The van der Waals surface area contributed by atoms with Crippen LogP contribution >= 0.6 is 0 Å². The van der Waals surface area contributed by atoms with Gasteiger partial charge in [0.2, 0.25) is 0 Å². The van der Waals surface area contributed by atoms with Crippen LogP contribution in [-0.4, -0.2) is 36.7 Å². The van der Waals surface area contributed by atoms with E-state index in [-0.39, 0.29) is 12.1 Å². The Hall–Kier alpha value is -0.590. The molecule has 2 heterocycles. The molecular weight excluding hydrogens is 176 g/mol. The Morgan fingerprint density at radius 3 is 2.57 bits per heavy atom. The topological polar surface area (TPSA) is 36.3 Å². The van der Waals surface area contributed by atoms with E-state index in [4.69, 9.17) is 10.00 Å². The number of rotatable bonds is 2. The van der Waals surface area contributed by atoms with Crippen molar-refractivity contribution in [2.45, 2.75) is 44.2 Å². The molecule has 2 aliphatic heterocycles. The molecule has 0 N–H and O–H groups in total. The van der Waals surface area contributed by atoms with Gasteiger partial charge in [-0.25, -0.2) is 0 Å². The van der Waals surface area contributed by atoms with Gasteiger partial charge >= 0.3 is 0 Å². The second-order valence-electron chi connectivity index (χ2n) is 4.22. The van der Waals surface area contributed by atoms with E-state index < -0.39 is 0 Å². The molecule has 0 bridgehead atoms. The second kappa shape index (κ2) is 4.77. The highest BCUT2D eigenvalue weighted by molar-refractivity contribution is 4.99. The van der Waals surface area contributed by atoms with Gasteiger partial charge in [-0.15, -0.1) is 0 Å². The molecular formula is C11H18N2O. The molecule has 3 heteroatoms. The number of ether oxygens (including phenoxy) is 1. The average Bonchev–Trinajstić information content (AvgIpc) is 2.74. The van der Waals surface area contributed by atoms with Gasteiger partial charge in [-0.3, -0.25) is 4.90 Å². The molecule has 2 atom stereocenters. The van der Waals surface area contributed by atoms with Crippen molar-refractivity contribution < 1.29 is 4.74 Å². The molecule has 2 unspecified atom stereocenters. The summed E-state index contributed by atoms with van der Waals surface area (Å²) in [6.45, 7) is 3.01. The molecule has 2 saturated heterocycles. The van der Waals surface area contributed by atoms with Gasteiger partial charge in [-0.2, -0.15) is 5.26 Å². The first-order chi connectivity index (χ1) is 6.92. The molecule has 78 valence electrons. The standard InChI is InChI=1S/C11H18N2O/c12-9-10(11-5-4-8-14-11)13-6-2-1-3-7-13/h10-11H,1-8H2. The highest BCUT2D eigenvalue weighted by Gasteiger charge is 2.31. The van der Waals surface area contributed by atoms with Gasteiger partial charge < -0.3 is 4.74 Å². The fourth-order valence-electron chi connectivity index (χ4n) is 2.45.